The number of cyclic esters (lactones) is 1. The Kier molecular flexibility index (Phi) is 13.1. The maximum absolute atomic E-state index is 14.2. The van der Waals surface area contributed by atoms with Gasteiger partial charge in [0.15, 0.2) is 18.4 Å². The Morgan fingerprint density at radius 1 is 0.922 bits per heavy atom. The number of aliphatic hydroxyl groups is 5. The van der Waals surface area contributed by atoms with Gasteiger partial charge in [-0.3, -0.25) is 4.79 Å². The first kappa shape index (κ1) is 42.7. The second-order valence-corrected chi connectivity index (χ2v) is 16.9. The summed E-state index contributed by atoms with van der Waals surface area (Å²) < 4.78 is 43.9. The van der Waals surface area contributed by atoms with E-state index in [4.69, 9.17) is 33.2 Å². The molecule has 0 aliphatic carbocycles. The van der Waals surface area contributed by atoms with E-state index in [0.29, 0.717) is 6.42 Å². The van der Waals surface area contributed by atoms with Gasteiger partial charge in [-0.1, -0.05) is 27.7 Å². The highest BCUT2D eigenvalue weighted by atomic mass is 16.7. The van der Waals surface area contributed by atoms with E-state index >= 15 is 0 Å². The lowest BCUT2D eigenvalue weighted by Gasteiger charge is -2.49. The highest BCUT2D eigenvalue weighted by Gasteiger charge is 2.64. The Morgan fingerprint density at radius 2 is 1.55 bits per heavy atom. The molecule has 0 radical (unpaired) electrons. The first-order valence-corrected chi connectivity index (χ1v) is 18.7. The smallest absolute Gasteiger partial charge is 0.311 e. The van der Waals surface area contributed by atoms with Crippen molar-refractivity contribution in [3.05, 3.63) is 0 Å². The number of rotatable bonds is 7. The highest BCUT2D eigenvalue weighted by Crippen LogP contribution is 2.51. The Hall–Kier alpha value is -1.01. The summed E-state index contributed by atoms with van der Waals surface area (Å²) in [5.41, 5.74) is -4.24. The van der Waals surface area contributed by atoms with E-state index in [1.807, 2.05) is 32.8 Å². The van der Waals surface area contributed by atoms with Crippen LogP contribution in [0.15, 0.2) is 0 Å². The molecule has 4 aliphatic rings. The van der Waals surface area contributed by atoms with Gasteiger partial charge < -0.3 is 63.6 Å². The molecule has 0 saturated carbocycles. The van der Waals surface area contributed by atoms with E-state index in [-0.39, 0.29) is 31.4 Å². The average molecular weight is 734 g/mol. The van der Waals surface area contributed by atoms with Gasteiger partial charge in [-0.2, -0.15) is 0 Å². The van der Waals surface area contributed by atoms with Crippen LogP contribution < -0.4 is 0 Å². The molecular weight excluding hydrogens is 666 g/mol. The Balaban J connectivity index is 1.84. The van der Waals surface area contributed by atoms with Gasteiger partial charge in [-0.15, -0.1) is 0 Å². The quantitative estimate of drug-likeness (QED) is 0.239. The fourth-order valence-corrected chi connectivity index (χ4v) is 9.18. The molecular formula is C37H67NO13. The SMILES string of the molecule is CC[C@H]1OC(=O)[C@H](C)[C@@H](O[C@H]2C[C@@](C)(OC)[C@@H](O)[C@H](C)O2)[C@H](C)[C@@H](O[C@@H]2O[C@H](C)C[C@H](N(C)C)[C@H]2O)[C@](C)(O)C[C@@H](C)[C@]2(O)O[C@@]1(C)[C@H](O)[C@H]2C. The maximum Gasteiger partial charge on any atom is 0.311 e. The van der Waals surface area contributed by atoms with Crippen LogP contribution in [0.4, 0.5) is 0 Å². The lowest BCUT2D eigenvalue weighted by Crippen LogP contribution is -2.61. The molecule has 4 saturated heterocycles. The zero-order valence-electron chi connectivity index (χ0n) is 32.9. The van der Waals surface area contributed by atoms with Gasteiger partial charge in [0.05, 0.1) is 47.6 Å². The zero-order valence-corrected chi connectivity index (χ0v) is 32.9. The van der Waals surface area contributed by atoms with Gasteiger partial charge in [-0.05, 0) is 74.9 Å². The van der Waals surface area contributed by atoms with E-state index in [1.54, 1.807) is 55.4 Å². The third-order valence-electron chi connectivity index (χ3n) is 12.6. The van der Waals surface area contributed by atoms with Crippen LogP contribution in [0, 0.1) is 23.7 Å². The van der Waals surface area contributed by atoms with Crippen molar-refractivity contribution in [3.63, 3.8) is 0 Å². The number of hydrogen-bond donors (Lipinski definition) is 5. The second kappa shape index (κ2) is 15.6. The average Bonchev–Trinajstić information content (AvgIpc) is 3.24. The maximum atomic E-state index is 14.2. The topological polar surface area (TPSA) is 186 Å². The molecule has 4 rings (SSSR count). The first-order valence-electron chi connectivity index (χ1n) is 18.7. The fourth-order valence-electron chi connectivity index (χ4n) is 9.18. The molecule has 4 heterocycles. The monoisotopic (exact) mass is 733 g/mol. The largest absolute Gasteiger partial charge is 0.459 e. The van der Waals surface area contributed by atoms with Crippen molar-refractivity contribution >= 4 is 5.97 Å². The van der Waals surface area contributed by atoms with E-state index < -0.39 is 108 Å². The van der Waals surface area contributed by atoms with Crippen LogP contribution in [0.2, 0.25) is 0 Å². The molecule has 14 heteroatoms. The van der Waals surface area contributed by atoms with Crippen molar-refractivity contribution < 1.29 is 63.5 Å². The summed E-state index contributed by atoms with van der Waals surface area (Å²) in [6.07, 6.45) is -8.52. The number of methoxy groups -OCH3 is 1. The van der Waals surface area contributed by atoms with Crippen LogP contribution in [0.25, 0.3) is 0 Å². The molecule has 0 unspecified atom stereocenters. The van der Waals surface area contributed by atoms with Gasteiger partial charge in [0.25, 0.3) is 0 Å². The number of likely N-dealkylation sites (N-methyl/N-ethyl adjacent to an activating group) is 1. The highest BCUT2D eigenvalue weighted by molar-refractivity contribution is 5.73. The third-order valence-corrected chi connectivity index (χ3v) is 12.6. The molecule has 4 aliphatic heterocycles. The Labute approximate surface area is 304 Å². The number of nitrogens with zero attached hydrogens (tertiary/aromatic N) is 1. The van der Waals surface area contributed by atoms with E-state index in [0.717, 1.165) is 0 Å². The minimum Gasteiger partial charge on any atom is -0.459 e. The van der Waals surface area contributed by atoms with Gasteiger partial charge in [0, 0.05) is 37.3 Å². The molecule has 0 aromatic heterocycles. The standard InChI is InChI=1S/C37H67NO13/c1-14-25-36(10)29(40)22(6)37(44,51-36)18(2)16-34(8,43)31(50-33-27(39)24(38(11)12)15-19(3)46-33)20(4)28(21(5)32(42)48-25)49-26-17-35(9,45-13)30(41)23(7)47-26/h18-31,33,39-41,43-44H,14-17H2,1-13H3/t18-,19-,20+,21-,22-,23+,24+,25-,26+,27-,28+,29-,30+,31-,33+,34-,35-,36-,37+/m1/s1. The van der Waals surface area contributed by atoms with Crippen LogP contribution in [-0.4, -0.2) is 148 Å². The summed E-state index contributed by atoms with van der Waals surface area (Å²) in [4.78, 5) is 16.1. The van der Waals surface area contributed by atoms with Crippen molar-refractivity contribution in [2.24, 2.45) is 23.7 Å². The van der Waals surface area contributed by atoms with Crippen molar-refractivity contribution in [1.29, 1.82) is 0 Å². The normalized spacial score (nSPS) is 53.2. The number of carbonyl (C=O) groups excluding carboxylic acids is 1. The number of hydrogen-bond acceptors (Lipinski definition) is 14. The lowest BCUT2D eigenvalue weighted by atomic mass is 9.74. The molecule has 4 fully saturated rings. The number of ether oxygens (including phenoxy) is 7. The predicted molar refractivity (Wildman–Crippen MR) is 185 cm³/mol. The molecule has 19 atom stereocenters. The number of esters is 1. The molecule has 14 nitrogen and oxygen atoms in total. The van der Waals surface area contributed by atoms with Gasteiger partial charge in [0.2, 0.25) is 0 Å². The number of aliphatic hydroxyl groups excluding tert-OH is 3. The fraction of sp³-hybridized carbons (Fsp3) is 0.973. The van der Waals surface area contributed by atoms with E-state index in [1.165, 1.54) is 7.11 Å². The Bertz CT molecular complexity index is 1190. The first-order chi connectivity index (χ1) is 23.5. The van der Waals surface area contributed by atoms with Gasteiger partial charge >= 0.3 is 5.97 Å². The van der Waals surface area contributed by atoms with Crippen LogP contribution in [0.3, 0.4) is 0 Å². The summed E-state index contributed by atoms with van der Waals surface area (Å²) in [6, 6.07) is -0.303. The lowest BCUT2D eigenvalue weighted by molar-refractivity contribution is -0.320. The third kappa shape index (κ3) is 8.04. The van der Waals surface area contributed by atoms with Crippen LogP contribution in [0.5, 0.6) is 0 Å². The molecule has 0 aromatic rings. The van der Waals surface area contributed by atoms with Crippen LogP contribution in [-0.2, 0) is 38.0 Å². The van der Waals surface area contributed by atoms with Crippen molar-refractivity contribution in [1.82, 2.24) is 4.90 Å². The minimum absolute atomic E-state index is 0.0707. The molecule has 298 valence electrons. The van der Waals surface area contributed by atoms with E-state index in [2.05, 4.69) is 0 Å². The van der Waals surface area contributed by atoms with E-state index in [9.17, 15) is 30.3 Å². The van der Waals surface area contributed by atoms with Crippen molar-refractivity contribution in [3.8, 4) is 0 Å². The molecule has 5 N–H and O–H groups in total. The summed E-state index contributed by atoms with van der Waals surface area (Å²) >= 11 is 0. The van der Waals surface area contributed by atoms with Crippen LogP contribution >= 0.6 is 0 Å². The summed E-state index contributed by atoms with van der Waals surface area (Å²) in [5.74, 6) is -5.91. The predicted octanol–water partition coefficient (Wildman–Crippen LogP) is 1.94. The summed E-state index contributed by atoms with van der Waals surface area (Å²) in [7, 11) is 5.24. The van der Waals surface area contributed by atoms with Gasteiger partial charge in [-0.25, -0.2) is 0 Å². The summed E-state index contributed by atoms with van der Waals surface area (Å²) in [6.45, 7) is 17.2. The molecule has 0 aromatic carbocycles. The molecule has 0 amide bonds. The Morgan fingerprint density at radius 3 is 2.12 bits per heavy atom. The number of fused-ring (bicyclic) bond motifs is 2. The van der Waals surface area contributed by atoms with Crippen LogP contribution in [0.1, 0.15) is 94.9 Å². The molecule has 0 spiro atoms. The molecule has 51 heavy (non-hydrogen) atoms. The van der Waals surface area contributed by atoms with Crippen molar-refractivity contribution in [2.75, 3.05) is 21.2 Å². The second-order valence-electron chi connectivity index (χ2n) is 16.9. The zero-order chi connectivity index (χ0) is 38.6. The number of carbonyl (C=O) groups is 1. The summed E-state index contributed by atoms with van der Waals surface area (Å²) in [5, 5.41) is 58.7. The van der Waals surface area contributed by atoms with Crippen molar-refractivity contribution in [2.45, 2.75) is 185 Å². The van der Waals surface area contributed by atoms with Gasteiger partial charge in [0.1, 0.15) is 23.9 Å². The molecule has 2 bridgehead atoms. The minimum atomic E-state index is -1.91.